The Balaban J connectivity index is 1.67. The molecule has 3 aromatic rings. The highest BCUT2D eigenvalue weighted by Crippen LogP contribution is 2.14. The molecule has 0 atom stereocenters. The maximum absolute atomic E-state index is 13.1. The number of aromatic nitrogens is 2. The van der Waals surface area contributed by atoms with Gasteiger partial charge in [-0.2, -0.15) is 0 Å². The zero-order valence-electron chi connectivity index (χ0n) is 14.9. The number of hydrogen-bond acceptors (Lipinski definition) is 2. The second kappa shape index (κ2) is 8.29. The van der Waals surface area contributed by atoms with Gasteiger partial charge in [0.25, 0.3) is 0 Å². The molecule has 134 valence electrons. The predicted molar refractivity (Wildman–Crippen MR) is 102 cm³/mol. The lowest BCUT2D eigenvalue weighted by Crippen LogP contribution is -2.38. The molecule has 2 aromatic carbocycles. The van der Waals surface area contributed by atoms with E-state index in [1.807, 2.05) is 34.8 Å². The average Bonchev–Trinajstić information content (AvgIpc) is 3.19. The van der Waals surface area contributed by atoms with Gasteiger partial charge < -0.3 is 14.8 Å². The maximum Gasteiger partial charge on any atom is 0.193 e. The van der Waals surface area contributed by atoms with Crippen LogP contribution in [0.4, 0.5) is 4.39 Å². The van der Waals surface area contributed by atoms with E-state index in [9.17, 15) is 4.39 Å². The molecule has 0 radical (unpaired) electrons. The highest BCUT2D eigenvalue weighted by atomic mass is 19.1. The topological polar surface area (TPSA) is 45.5 Å². The molecule has 1 aromatic heterocycles. The number of aliphatic imine (C=N–C) groups is 1. The fraction of sp³-hybridized carbons (Fsp3) is 0.200. The van der Waals surface area contributed by atoms with Crippen LogP contribution in [0.1, 0.15) is 11.1 Å². The van der Waals surface area contributed by atoms with Crippen LogP contribution in [0.5, 0.6) is 0 Å². The molecule has 0 bridgehead atoms. The zero-order valence-corrected chi connectivity index (χ0v) is 14.9. The van der Waals surface area contributed by atoms with Crippen LogP contribution in [0, 0.1) is 5.82 Å². The van der Waals surface area contributed by atoms with E-state index in [4.69, 9.17) is 0 Å². The van der Waals surface area contributed by atoms with Gasteiger partial charge >= 0.3 is 0 Å². The van der Waals surface area contributed by atoms with Crippen molar-refractivity contribution in [3.05, 3.63) is 84.2 Å². The lowest BCUT2D eigenvalue weighted by atomic mass is 10.1. The predicted octanol–water partition coefficient (Wildman–Crippen LogP) is 3.22. The van der Waals surface area contributed by atoms with Crippen molar-refractivity contribution in [1.29, 1.82) is 0 Å². The monoisotopic (exact) mass is 351 g/mol. The first-order valence-electron chi connectivity index (χ1n) is 8.40. The Morgan fingerprint density at radius 1 is 1.19 bits per heavy atom. The van der Waals surface area contributed by atoms with Gasteiger partial charge in [0.1, 0.15) is 5.82 Å². The van der Waals surface area contributed by atoms with Gasteiger partial charge in [0, 0.05) is 39.6 Å². The van der Waals surface area contributed by atoms with Crippen molar-refractivity contribution in [1.82, 2.24) is 19.8 Å². The lowest BCUT2D eigenvalue weighted by molar-refractivity contribution is 0.476. The third-order valence-electron chi connectivity index (χ3n) is 4.12. The summed E-state index contributed by atoms with van der Waals surface area (Å²) in [6.07, 6.45) is 5.47. The average molecular weight is 351 g/mol. The maximum atomic E-state index is 13.1. The Kier molecular flexibility index (Phi) is 5.63. The SMILES string of the molecule is CN=C(NCc1ccccc1-n1ccnc1)N(C)Cc1ccc(F)cc1. The number of para-hydroxylation sites is 1. The third-order valence-corrected chi connectivity index (χ3v) is 4.12. The second-order valence-electron chi connectivity index (χ2n) is 5.98. The van der Waals surface area contributed by atoms with Gasteiger partial charge in [-0.25, -0.2) is 9.37 Å². The lowest BCUT2D eigenvalue weighted by Gasteiger charge is -2.23. The summed E-state index contributed by atoms with van der Waals surface area (Å²) >= 11 is 0. The molecule has 0 aliphatic rings. The minimum absolute atomic E-state index is 0.227. The van der Waals surface area contributed by atoms with Gasteiger partial charge in [-0.3, -0.25) is 4.99 Å². The van der Waals surface area contributed by atoms with Crippen LogP contribution in [0.2, 0.25) is 0 Å². The standard InChI is InChI=1S/C20H22FN5/c1-22-20(25(2)14-16-7-9-18(21)10-8-16)24-13-17-5-3-4-6-19(17)26-12-11-23-15-26/h3-12,15H,13-14H2,1-2H3,(H,22,24). The van der Waals surface area contributed by atoms with E-state index in [1.54, 1.807) is 31.7 Å². The van der Waals surface area contributed by atoms with E-state index in [2.05, 4.69) is 27.4 Å². The molecule has 6 heteroatoms. The summed E-state index contributed by atoms with van der Waals surface area (Å²) in [5.41, 5.74) is 3.24. The Morgan fingerprint density at radius 3 is 2.65 bits per heavy atom. The van der Waals surface area contributed by atoms with Crippen LogP contribution in [-0.2, 0) is 13.1 Å². The molecule has 0 saturated heterocycles. The van der Waals surface area contributed by atoms with E-state index in [0.717, 1.165) is 22.8 Å². The Bertz CT molecular complexity index is 856. The van der Waals surface area contributed by atoms with Crippen molar-refractivity contribution in [2.75, 3.05) is 14.1 Å². The minimum Gasteiger partial charge on any atom is -0.352 e. The van der Waals surface area contributed by atoms with Crippen LogP contribution in [0.15, 0.2) is 72.2 Å². The van der Waals surface area contributed by atoms with Crippen molar-refractivity contribution in [2.45, 2.75) is 13.1 Å². The number of guanidine groups is 1. The van der Waals surface area contributed by atoms with Crippen molar-refractivity contribution in [2.24, 2.45) is 4.99 Å². The molecule has 0 aliphatic heterocycles. The molecule has 5 nitrogen and oxygen atoms in total. The number of hydrogen-bond donors (Lipinski definition) is 1. The van der Waals surface area contributed by atoms with Crippen LogP contribution in [0.25, 0.3) is 5.69 Å². The van der Waals surface area contributed by atoms with E-state index in [0.29, 0.717) is 13.1 Å². The van der Waals surface area contributed by atoms with E-state index in [-0.39, 0.29) is 5.82 Å². The number of benzene rings is 2. The van der Waals surface area contributed by atoms with Crippen LogP contribution in [-0.4, -0.2) is 34.5 Å². The van der Waals surface area contributed by atoms with E-state index >= 15 is 0 Å². The normalized spacial score (nSPS) is 11.4. The molecule has 26 heavy (non-hydrogen) atoms. The fourth-order valence-electron chi connectivity index (χ4n) is 2.81. The van der Waals surface area contributed by atoms with Crippen molar-refractivity contribution in [3.8, 4) is 5.69 Å². The molecule has 0 aliphatic carbocycles. The van der Waals surface area contributed by atoms with Crippen molar-refractivity contribution >= 4 is 5.96 Å². The van der Waals surface area contributed by atoms with Gasteiger partial charge in [0.2, 0.25) is 0 Å². The first-order valence-corrected chi connectivity index (χ1v) is 8.40. The highest BCUT2D eigenvalue weighted by Gasteiger charge is 2.09. The molecule has 0 amide bonds. The summed E-state index contributed by atoms with van der Waals surface area (Å²) in [4.78, 5) is 10.5. The van der Waals surface area contributed by atoms with Crippen LogP contribution >= 0.6 is 0 Å². The molecule has 3 rings (SSSR count). The smallest absolute Gasteiger partial charge is 0.193 e. The van der Waals surface area contributed by atoms with Gasteiger partial charge in [0.05, 0.1) is 12.0 Å². The fourth-order valence-corrected chi connectivity index (χ4v) is 2.81. The first kappa shape index (κ1) is 17.7. The van der Waals surface area contributed by atoms with E-state index in [1.165, 1.54) is 12.1 Å². The molecule has 0 fully saturated rings. The summed E-state index contributed by atoms with van der Waals surface area (Å²) in [6.45, 7) is 1.28. The number of imidazole rings is 1. The molecular weight excluding hydrogens is 329 g/mol. The Morgan fingerprint density at radius 2 is 1.96 bits per heavy atom. The number of halogens is 1. The molecule has 0 unspecified atom stereocenters. The first-order chi connectivity index (χ1) is 12.7. The van der Waals surface area contributed by atoms with Crippen molar-refractivity contribution < 1.29 is 4.39 Å². The molecule has 0 saturated carbocycles. The van der Waals surface area contributed by atoms with Gasteiger partial charge in [0.15, 0.2) is 5.96 Å². The minimum atomic E-state index is -0.227. The zero-order chi connectivity index (χ0) is 18.4. The largest absolute Gasteiger partial charge is 0.352 e. The van der Waals surface area contributed by atoms with Gasteiger partial charge in [-0.1, -0.05) is 30.3 Å². The molecular formula is C20H22FN5. The van der Waals surface area contributed by atoms with E-state index < -0.39 is 0 Å². The molecule has 0 spiro atoms. The second-order valence-corrected chi connectivity index (χ2v) is 5.98. The molecule has 1 N–H and O–H groups in total. The van der Waals surface area contributed by atoms with Gasteiger partial charge in [-0.15, -0.1) is 0 Å². The Labute approximate surface area is 152 Å². The summed E-state index contributed by atoms with van der Waals surface area (Å²) in [7, 11) is 3.71. The summed E-state index contributed by atoms with van der Waals surface area (Å²) in [5.74, 6) is 0.546. The third kappa shape index (κ3) is 4.27. The summed E-state index contributed by atoms with van der Waals surface area (Å²) in [6, 6.07) is 14.7. The number of nitrogens with one attached hydrogen (secondary N) is 1. The van der Waals surface area contributed by atoms with Crippen LogP contribution in [0.3, 0.4) is 0 Å². The Hall–Kier alpha value is -3.15. The van der Waals surface area contributed by atoms with Crippen LogP contribution < -0.4 is 5.32 Å². The van der Waals surface area contributed by atoms with Crippen molar-refractivity contribution in [3.63, 3.8) is 0 Å². The number of rotatable bonds is 5. The highest BCUT2D eigenvalue weighted by molar-refractivity contribution is 5.79. The molecule has 1 heterocycles. The number of nitrogens with zero attached hydrogens (tertiary/aromatic N) is 4. The summed E-state index contributed by atoms with van der Waals surface area (Å²) < 4.78 is 15.0. The summed E-state index contributed by atoms with van der Waals surface area (Å²) in [5, 5.41) is 3.39. The quantitative estimate of drug-likeness (QED) is 0.567. The van der Waals surface area contributed by atoms with Gasteiger partial charge in [-0.05, 0) is 29.3 Å².